The van der Waals surface area contributed by atoms with E-state index in [2.05, 4.69) is 48.2 Å². The topological polar surface area (TPSA) is 60.6 Å². The van der Waals surface area contributed by atoms with Crippen molar-refractivity contribution < 1.29 is 0 Å². The molecule has 1 N–H and O–H groups in total. The summed E-state index contributed by atoms with van der Waals surface area (Å²) in [6.07, 6.45) is 2.46. The first-order valence-corrected chi connectivity index (χ1v) is 7.48. The van der Waals surface area contributed by atoms with Gasteiger partial charge in [-0.2, -0.15) is 10.2 Å². The predicted molar refractivity (Wildman–Crippen MR) is 83.0 cm³/mol. The summed E-state index contributed by atoms with van der Waals surface area (Å²) in [5.41, 5.74) is 3.53. The zero-order valence-corrected chi connectivity index (χ0v) is 13.9. The maximum atomic E-state index is 4.51. The molecule has 0 aliphatic heterocycles. The van der Waals surface area contributed by atoms with Gasteiger partial charge in [-0.05, 0) is 26.8 Å². The van der Waals surface area contributed by atoms with Crippen molar-refractivity contribution in [3.8, 4) is 0 Å². The van der Waals surface area contributed by atoms with E-state index in [1.165, 1.54) is 11.3 Å². The van der Waals surface area contributed by atoms with Gasteiger partial charge >= 0.3 is 0 Å². The van der Waals surface area contributed by atoms with Crippen molar-refractivity contribution in [3.63, 3.8) is 0 Å². The van der Waals surface area contributed by atoms with Crippen molar-refractivity contribution in [3.05, 3.63) is 29.1 Å². The predicted octanol–water partition coefficient (Wildman–Crippen LogP) is 1.79. The first-order chi connectivity index (χ1) is 9.93. The quantitative estimate of drug-likeness (QED) is 0.881. The van der Waals surface area contributed by atoms with Gasteiger partial charge in [0.2, 0.25) is 0 Å². The number of rotatable bonds is 6. The lowest BCUT2D eigenvalue weighted by Crippen LogP contribution is -2.23. The lowest BCUT2D eigenvalue weighted by Gasteiger charge is -2.17. The van der Waals surface area contributed by atoms with E-state index in [1.54, 1.807) is 6.33 Å². The van der Waals surface area contributed by atoms with Crippen molar-refractivity contribution in [1.82, 2.24) is 29.9 Å². The van der Waals surface area contributed by atoms with Crippen LogP contribution in [0.1, 0.15) is 42.7 Å². The smallest absolute Gasteiger partial charge is 0.138 e. The molecule has 0 fully saturated rings. The highest BCUT2D eigenvalue weighted by Gasteiger charge is 2.21. The van der Waals surface area contributed by atoms with Gasteiger partial charge in [-0.25, -0.2) is 9.67 Å². The van der Waals surface area contributed by atoms with E-state index in [4.69, 9.17) is 0 Å². The third-order valence-corrected chi connectivity index (χ3v) is 3.88. The molecule has 2 aromatic rings. The summed E-state index contributed by atoms with van der Waals surface area (Å²) in [5, 5.41) is 12.3. The van der Waals surface area contributed by atoms with Crippen molar-refractivity contribution in [1.29, 1.82) is 0 Å². The van der Waals surface area contributed by atoms with Gasteiger partial charge in [0.15, 0.2) is 0 Å². The molecule has 2 rings (SSSR count). The third-order valence-electron chi connectivity index (χ3n) is 3.88. The molecule has 21 heavy (non-hydrogen) atoms. The van der Waals surface area contributed by atoms with Gasteiger partial charge in [0, 0.05) is 37.3 Å². The zero-order chi connectivity index (χ0) is 15.6. The minimum Gasteiger partial charge on any atom is -0.313 e. The summed E-state index contributed by atoms with van der Waals surface area (Å²) in [5.74, 6) is 1.58. The lowest BCUT2D eigenvalue weighted by molar-refractivity contribution is 0.451. The van der Waals surface area contributed by atoms with Crippen LogP contribution in [-0.4, -0.2) is 31.6 Å². The van der Waals surface area contributed by atoms with Crippen LogP contribution in [0.4, 0.5) is 0 Å². The molecule has 6 heteroatoms. The fourth-order valence-corrected chi connectivity index (χ4v) is 2.77. The number of hydrogen-bond donors (Lipinski definition) is 1. The summed E-state index contributed by atoms with van der Waals surface area (Å²) in [6, 6.07) is 0.203. The standard InChI is InChI=1S/C15H26N6/c1-10(2)8-21-14(17-9-18-21)7-13(16-5)15-11(3)19-20(6)12(15)4/h9-10,13,16H,7-8H2,1-6H3. The van der Waals surface area contributed by atoms with E-state index >= 15 is 0 Å². The van der Waals surface area contributed by atoms with Crippen LogP contribution >= 0.6 is 0 Å². The maximum Gasteiger partial charge on any atom is 0.138 e. The largest absolute Gasteiger partial charge is 0.313 e. The van der Waals surface area contributed by atoms with Crippen molar-refractivity contribution in [2.75, 3.05) is 7.05 Å². The monoisotopic (exact) mass is 290 g/mol. The Morgan fingerprint density at radius 3 is 2.52 bits per heavy atom. The van der Waals surface area contributed by atoms with Gasteiger partial charge in [-0.3, -0.25) is 4.68 Å². The molecule has 116 valence electrons. The Morgan fingerprint density at radius 2 is 2.00 bits per heavy atom. The molecule has 6 nitrogen and oxygen atoms in total. The third kappa shape index (κ3) is 3.32. The summed E-state index contributed by atoms with van der Waals surface area (Å²) in [7, 11) is 3.97. The molecule has 2 aromatic heterocycles. The van der Waals surface area contributed by atoms with Crippen LogP contribution in [0.15, 0.2) is 6.33 Å². The van der Waals surface area contributed by atoms with Gasteiger partial charge in [0.25, 0.3) is 0 Å². The Kier molecular flexibility index (Phi) is 4.77. The molecule has 1 unspecified atom stereocenters. The van der Waals surface area contributed by atoms with Crippen LogP contribution in [0.3, 0.4) is 0 Å². The maximum absolute atomic E-state index is 4.51. The molecule has 0 spiro atoms. The first kappa shape index (κ1) is 15.7. The number of aromatic nitrogens is 5. The second-order valence-electron chi connectivity index (χ2n) is 6.01. The highest BCUT2D eigenvalue weighted by atomic mass is 15.3. The molecule has 0 aliphatic carbocycles. The van der Waals surface area contributed by atoms with Gasteiger partial charge in [0.05, 0.1) is 5.69 Å². The average molecular weight is 290 g/mol. The van der Waals surface area contributed by atoms with Crippen LogP contribution in [0.2, 0.25) is 0 Å². The van der Waals surface area contributed by atoms with Crippen LogP contribution in [-0.2, 0) is 20.0 Å². The Bertz CT molecular complexity index is 595. The second-order valence-corrected chi connectivity index (χ2v) is 6.01. The molecule has 0 amide bonds. The summed E-state index contributed by atoms with van der Waals surface area (Å²) >= 11 is 0. The zero-order valence-electron chi connectivity index (χ0n) is 13.9. The highest BCUT2D eigenvalue weighted by molar-refractivity contribution is 5.28. The summed E-state index contributed by atoms with van der Waals surface area (Å²) in [4.78, 5) is 4.43. The van der Waals surface area contributed by atoms with Gasteiger partial charge < -0.3 is 5.32 Å². The van der Waals surface area contributed by atoms with Gasteiger partial charge in [-0.15, -0.1) is 0 Å². The number of nitrogens with zero attached hydrogens (tertiary/aromatic N) is 5. The second kappa shape index (κ2) is 6.39. The Labute approximate surface area is 126 Å². The molecular weight excluding hydrogens is 264 g/mol. The van der Waals surface area contributed by atoms with E-state index in [0.29, 0.717) is 5.92 Å². The summed E-state index contributed by atoms with van der Waals surface area (Å²) < 4.78 is 3.95. The van der Waals surface area contributed by atoms with Crippen LogP contribution in [0.25, 0.3) is 0 Å². The fraction of sp³-hybridized carbons (Fsp3) is 0.667. The van der Waals surface area contributed by atoms with Crippen molar-refractivity contribution >= 4 is 0 Å². The van der Waals surface area contributed by atoms with Crippen molar-refractivity contribution in [2.24, 2.45) is 13.0 Å². The van der Waals surface area contributed by atoms with E-state index in [0.717, 1.165) is 24.5 Å². The fourth-order valence-electron chi connectivity index (χ4n) is 2.77. The average Bonchev–Trinajstić information content (AvgIpc) is 2.93. The first-order valence-electron chi connectivity index (χ1n) is 7.48. The van der Waals surface area contributed by atoms with Crippen LogP contribution in [0, 0.1) is 19.8 Å². The minimum atomic E-state index is 0.203. The normalized spacial score (nSPS) is 13.1. The minimum absolute atomic E-state index is 0.203. The molecule has 2 heterocycles. The molecule has 0 aromatic carbocycles. The highest BCUT2D eigenvalue weighted by Crippen LogP contribution is 2.23. The number of nitrogens with one attached hydrogen (secondary N) is 1. The van der Waals surface area contributed by atoms with Crippen LogP contribution < -0.4 is 5.32 Å². The Morgan fingerprint density at radius 1 is 1.29 bits per heavy atom. The molecule has 0 radical (unpaired) electrons. The van der Waals surface area contributed by atoms with E-state index < -0.39 is 0 Å². The molecule has 1 atom stereocenters. The van der Waals surface area contributed by atoms with E-state index in [1.807, 2.05) is 23.5 Å². The van der Waals surface area contributed by atoms with Crippen LogP contribution in [0.5, 0.6) is 0 Å². The molecular formula is C15H26N6. The van der Waals surface area contributed by atoms with E-state index in [9.17, 15) is 0 Å². The Balaban J connectivity index is 2.26. The number of aryl methyl sites for hydroxylation is 2. The molecule has 0 bridgehead atoms. The Hall–Kier alpha value is -1.69. The number of hydrogen-bond acceptors (Lipinski definition) is 4. The molecule has 0 saturated carbocycles. The van der Waals surface area contributed by atoms with Gasteiger partial charge in [0.1, 0.15) is 12.2 Å². The number of likely N-dealkylation sites (N-methyl/N-ethyl adjacent to an activating group) is 1. The molecule has 0 aliphatic rings. The summed E-state index contributed by atoms with van der Waals surface area (Å²) in [6.45, 7) is 9.45. The van der Waals surface area contributed by atoms with Gasteiger partial charge in [-0.1, -0.05) is 13.8 Å². The SMILES string of the molecule is CNC(Cc1ncnn1CC(C)C)c1c(C)nn(C)c1C. The van der Waals surface area contributed by atoms with E-state index in [-0.39, 0.29) is 6.04 Å². The van der Waals surface area contributed by atoms with Crippen molar-refractivity contribution in [2.45, 2.75) is 46.7 Å². The molecule has 0 saturated heterocycles. The lowest BCUT2D eigenvalue weighted by atomic mass is 10.0.